The highest BCUT2D eigenvalue weighted by atomic mass is 16.5. The van der Waals surface area contributed by atoms with E-state index in [1.165, 1.54) is 19.3 Å². The molecule has 4 heteroatoms. The first kappa shape index (κ1) is 16.2. The molecule has 0 spiro atoms. The quantitative estimate of drug-likeness (QED) is 0.728. The maximum absolute atomic E-state index is 10.6. The average Bonchev–Trinajstić information content (AvgIpc) is 2.46. The summed E-state index contributed by atoms with van der Waals surface area (Å²) in [6.07, 6.45) is 9.23. The highest BCUT2D eigenvalue weighted by Crippen LogP contribution is 2.29. The fourth-order valence-corrected chi connectivity index (χ4v) is 3.47. The monoisotopic (exact) mass is 285 g/mol. The van der Waals surface area contributed by atoms with E-state index in [1.807, 2.05) is 0 Å². The molecule has 0 aromatic carbocycles. The molecule has 118 valence electrons. The highest BCUT2D eigenvalue weighted by Gasteiger charge is 2.32. The van der Waals surface area contributed by atoms with E-state index in [-0.39, 0.29) is 0 Å². The number of rotatable bonds is 7. The van der Waals surface area contributed by atoms with Gasteiger partial charge in [-0.15, -0.1) is 0 Å². The first-order chi connectivity index (χ1) is 9.72. The second-order valence-corrected chi connectivity index (χ2v) is 6.48. The molecule has 4 nitrogen and oxygen atoms in total. The van der Waals surface area contributed by atoms with E-state index in [9.17, 15) is 5.11 Å². The van der Waals surface area contributed by atoms with E-state index >= 15 is 0 Å². The minimum absolute atomic E-state index is 0.407. The molecule has 0 aromatic rings. The third kappa shape index (κ3) is 5.32. The molecule has 0 aromatic heterocycles. The maximum Gasteiger partial charge on any atom is 0.0774 e. The number of ether oxygens (including phenoxy) is 2. The molecule has 1 N–H and O–H groups in total. The van der Waals surface area contributed by atoms with Gasteiger partial charge in [-0.1, -0.05) is 19.3 Å². The Kier molecular flexibility index (Phi) is 6.75. The van der Waals surface area contributed by atoms with Gasteiger partial charge in [-0.2, -0.15) is 0 Å². The Hall–Kier alpha value is -0.160. The number of hydrogen-bond acceptors (Lipinski definition) is 4. The van der Waals surface area contributed by atoms with E-state index < -0.39 is 5.60 Å². The topological polar surface area (TPSA) is 41.9 Å². The van der Waals surface area contributed by atoms with Gasteiger partial charge in [0.25, 0.3) is 0 Å². The van der Waals surface area contributed by atoms with Gasteiger partial charge in [0.2, 0.25) is 0 Å². The Morgan fingerprint density at radius 1 is 1.10 bits per heavy atom. The number of hydrogen-bond donors (Lipinski definition) is 1. The SMILES string of the molecule is COCCCOC1CCN(CC2(O)CCCCC2)CC1. The number of likely N-dealkylation sites (tertiary alicyclic amines) is 1. The molecule has 1 heterocycles. The van der Waals surface area contributed by atoms with Crippen molar-refractivity contribution in [2.45, 2.75) is 63.1 Å². The van der Waals surface area contributed by atoms with E-state index in [2.05, 4.69) is 4.90 Å². The van der Waals surface area contributed by atoms with Gasteiger partial charge in [0.1, 0.15) is 0 Å². The standard InChI is InChI=1S/C16H31NO3/c1-19-12-5-13-20-15-6-10-17(11-7-15)14-16(18)8-3-2-4-9-16/h15,18H,2-14H2,1H3. The normalized spacial score (nSPS) is 24.9. The number of methoxy groups -OCH3 is 1. The van der Waals surface area contributed by atoms with Gasteiger partial charge in [-0.05, 0) is 32.1 Å². The summed E-state index contributed by atoms with van der Waals surface area (Å²) >= 11 is 0. The summed E-state index contributed by atoms with van der Waals surface area (Å²) in [7, 11) is 1.73. The van der Waals surface area contributed by atoms with Gasteiger partial charge in [0, 0.05) is 40.0 Å². The predicted molar refractivity (Wildman–Crippen MR) is 79.9 cm³/mol. The van der Waals surface area contributed by atoms with Crippen LogP contribution in [-0.2, 0) is 9.47 Å². The van der Waals surface area contributed by atoms with Crippen molar-refractivity contribution in [1.82, 2.24) is 4.90 Å². The van der Waals surface area contributed by atoms with Crippen LogP contribution in [0.5, 0.6) is 0 Å². The largest absolute Gasteiger partial charge is 0.389 e. The molecular weight excluding hydrogens is 254 g/mol. The molecular formula is C16H31NO3. The Morgan fingerprint density at radius 2 is 1.80 bits per heavy atom. The molecule has 2 fully saturated rings. The second kappa shape index (κ2) is 8.32. The lowest BCUT2D eigenvalue weighted by Crippen LogP contribution is -2.48. The summed E-state index contributed by atoms with van der Waals surface area (Å²) in [5.41, 5.74) is -0.412. The van der Waals surface area contributed by atoms with Crippen LogP contribution < -0.4 is 0 Å². The molecule has 2 rings (SSSR count). The van der Waals surface area contributed by atoms with Gasteiger partial charge in [0.05, 0.1) is 11.7 Å². The van der Waals surface area contributed by atoms with E-state index in [0.717, 1.165) is 65.0 Å². The first-order valence-corrected chi connectivity index (χ1v) is 8.27. The smallest absolute Gasteiger partial charge is 0.0774 e. The third-order valence-electron chi connectivity index (χ3n) is 4.68. The zero-order valence-electron chi connectivity index (χ0n) is 13.0. The minimum atomic E-state index is -0.412. The molecule has 1 saturated carbocycles. The highest BCUT2D eigenvalue weighted by molar-refractivity contribution is 4.87. The van der Waals surface area contributed by atoms with Gasteiger partial charge in [-0.25, -0.2) is 0 Å². The van der Waals surface area contributed by atoms with Gasteiger partial charge in [0.15, 0.2) is 0 Å². The summed E-state index contributed by atoms with van der Waals surface area (Å²) < 4.78 is 10.9. The molecule has 0 atom stereocenters. The number of nitrogens with zero attached hydrogens (tertiary/aromatic N) is 1. The Morgan fingerprint density at radius 3 is 2.45 bits per heavy atom. The van der Waals surface area contributed by atoms with Crippen molar-refractivity contribution in [2.75, 3.05) is 40.0 Å². The molecule has 1 aliphatic carbocycles. The maximum atomic E-state index is 10.6. The summed E-state index contributed by atoms with van der Waals surface area (Å²) in [6, 6.07) is 0. The summed E-state index contributed by atoms with van der Waals surface area (Å²) in [6.45, 7) is 4.59. The van der Waals surface area contributed by atoms with Crippen molar-refractivity contribution >= 4 is 0 Å². The Bertz CT molecular complexity index is 258. The van der Waals surface area contributed by atoms with E-state index in [1.54, 1.807) is 7.11 Å². The fraction of sp³-hybridized carbons (Fsp3) is 1.00. The predicted octanol–water partition coefficient (Wildman–Crippen LogP) is 2.20. The van der Waals surface area contributed by atoms with Crippen LogP contribution in [0.3, 0.4) is 0 Å². The second-order valence-electron chi connectivity index (χ2n) is 6.48. The van der Waals surface area contributed by atoms with Crippen LogP contribution >= 0.6 is 0 Å². The van der Waals surface area contributed by atoms with Crippen molar-refractivity contribution in [3.63, 3.8) is 0 Å². The van der Waals surface area contributed by atoms with Crippen LogP contribution in [0.4, 0.5) is 0 Å². The zero-order valence-corrected chi connectivity index (χ0v) is 13.0. The van der Waals surface area contributed by atoms with Crippen LogP contribution in [-0.4, -0.2) is 61.7 Å². The number of piperidine rings is 1. The van der Waals surface area contributed by atoms with Crippen molar-refractivity contribution in [3.8, 4) is 0 Å². The van der Waals surface area contributed by atoms with Crippen LogP contribution in [0.25, 0.3) is 0 Å². The summed E-state index contributed by atoms with van der Waals surface area (Å²) in [5, 5.41) is 10.6. The van der Waals surface area contributed by atoms with Crippen molar-refractivity contribution in [3.05, 3.63) is 0 Å². The van der Waals surface area contributed by atoms with Gasteiger partial charge < -0.3 is 19.5 Å². The van der Waals surface area contributed by atoms with E-state index in [0.29, 0.717) is 6.10 Å². The lowest BCUT2D eigenvalue weighted by Gasteiger charge is -2.40. The van der Waals surface area contributed by atoms with Crippen LogP contribution in [0.1, 0.15) is 51.4 Å². The third-order valence-corrected chi connectivity index (χ3v) is 4.68. The molecule has 1 aliphatic heterocycles. The minimum Gasteiger partial charge on any atom is -0.389 e. The number of aliphatic hydroxyl groups is 1. The first-order valence-electron chi connectivity index (χ1n) is 8.27. The summed E-state index contributed by atoms with van der Waals surface area (Å²) in [4.78, 5) is 2.43. The molecule has 2 aliphatic rings. The summed E-state index contributed by atoms with van der Waals surface area (Å²) in [5.74, 6) is 0. The van der Waals surface area contributed by atoms with Gasteiger partial charge >= 0.3 is 0 Å². The van der Waals surface area contributed by atoms with Crippen molar-refractivity contribution < 1.29 is 14.6 Å². The average molecular weight is 285 g/mol. The zero-order chi connectivity index (χ0) is 14.3. The van der Waals surface area contributed by atoms with Crippen molar-refractivity contribution in [1.29, 1.82) is 0 Å². The van der Waals surface area contributed by atoms with Crippen molar-refractivity contribution in [2.24, 2.45) is 0 Å². The molecule has 0 bridgehead atoms. The molecule has 0 unspecified atom stereocenters. The van der Waals surface area contributed by atoms with E-state index in [4.69, 9.17) is 9.47 Å². The molecule has 0 radical (unpaired) electrons. The van der Waals surface area contributed by atoms with Crippen LogP contribution in [0.15, 0.2) is 0 Å². The molecule has 1 saturated heterocycles. The number of β-amino-alcohol motifs (C(OH)–C–C–N with tert-alkyl or cyclic N) is 1. The lowest BCUT2D eigenvalue weighted by molar-refractivity contribution is -0.0495. The van der Waals surface area contributed by atoms with Gasteiger partial charge in [-0.3, -0.25) is 0 Å². The fourth-order valence-electron chi connectivity index (χ4n) is 3.47. The lowest BCUT2D eigenvalue weighted by atomic mass is 9.84. The molecule has 0 amide bonds. The van der Waals surface area contributed by atoms with Crippen LogP contribution in [0.2, 0.25) is 0 Å². The molecule has 20 heavy (non-hydrogen) atoms. The Labute approximate surface area is 123 Å². The van der Waals surface area contributed by atoms with Crippen LogP contribution in [0, 0.1) is 0 Å². The Balaban J connectivity index is 1.61.